The number of anilines is 2. The van der Waals surface area contributed by atoms with Gasteiger partial charge >= 0.3 is 11.9 Å². The van der Waals surface area contributed by atoms with Gasteiger partial charge in [0.25, 0.3) is 5.91 Å². The van der Waals surface area contributed by atoms with Gasteiger partial charge in [-0.05, 0) is 49.2 Å². The Morgan fingerprint density at radius 2 is 1.55 bits per heavy atom. The molecule has 164 valence electrons. The van der Waals surface area contributed by atoms with Gasteiger partial charge < -0.3 is 20.1 Å². The lowest BCUT2D eigenvalue weighted by atomic mass is 10.2. The van der Waals surface area contributed by atoms with E-state index in [1.165, 1.54) is 12.1 Å². The summed E-state index contributed by atoms with van der Waals surface area (Å²) in [5, 5.41) is 5.29. The smallest absolute Gasteiger partial charge is 0.338 e. The third-order valence-corrected chi connectivity index (χ3v) is 4.18. The van der Waals surface area contributed by atoms with Crippen LogP contribution in [0, 0.1) is 6.92 Å². The van der Waals surface area contributed by atoms with Crippen LogP contribution in [0.15, 0.2) is 48.5 Å². The average Bonchev–Trinajstić information content (AvgIpc) is 2.76. The average molecular weight is 426 g/mol. The van der Waals surface area contributed by atoms with Crippen molar-refractivity contribution in [2.75, 3.05) is 23.8 Å². The first-order valence-electron chi connectivity index (χ1n) is 9.97. The van der Waals surface area contributed by atoms with E-state index < -0.39 is 24.5 Å². The maximum absolute atomic E-state index is 12.0. The fourth-order valence-corrected chi connectivity index (χ4v) is 2.52. The van der Waals surface area contributed by atoms with Crippen LogP contribution in [-0.2, 0) is 23.9 Å². The Balaban J connectivity index is 1.69. The number of esters is 2. The van der Waals surface area contributed by atoms with Crippen LogP contribution in [0.2, 0.25) is 0 Å². The molecule has 0 unspecified atom stereocenters. The van der Waals surface area contributed by atoms with E-state index in [0.717, 1.165) is 12.0 Å². The summed E-state index contributed by atoms with van der Waals surface area (Å²) in [5.74, 6) is -1.92. The van der Waals surface area contributed by atoms with Crippen molar-refractivity contribution in [1.29, 1.82) is 0 Å². The van der Waals surface area contributed by atoms with E-state index >= 15 is 0 Å². The van der Waals surface area contributed by atoms with Crippen LogP contribution in [0.3, 0.4) is 0 Å². The minimum Gasteiger partial charge on any atom is -0.462 e. The van der Waals surface area contributed by atoms with E-state index in [0.29, 0.717) is 23.5 Å². The number of hydrogen-bond acceptors (Lipinski definition) is 6. The number of hydrogen-bond donors (Lipinski definition) is 2. The van der Waals surface area contributed by atoms with Crippen LogP contribution in [0.5, 0.6) is 0 Å². The second kappa shape index (κ2) is 12.1. The molecule has 0 saturated carbocycles. The fraction of sp³-hybridized carbons (Fsp3) is 0.304. The van der Waals surface area contributed by atoms with Crippen LogP contribution in [0.25, 0.3) is 0 Å². The number of amides is 2. The maximum atomic E-state index is 12.0. The number of carbonyl (C=O) groups excluding carboxylic acids is 4. The monoisotopic (exact) mass is 426 g/mol. The van der Waals surface area contributed by atoms with Crippen molar-refractivity contribution in [1.82, 2.24) is 0 Å². The van der Waals surface area contributed by atoms with E-state index in [-0.39, 0.29) is 18.7 Å². The first kappa shape index (κ1) is 23.6. The summed E-state index contributed by atoms with van der Waals surface area (Å²) in [6.45, 7) is 3.64. The molecule has 2 amide bonds. The second-order valence-electron chi connectivity index (χ2n) is 6.79. The van der Waals surface area contributed by atoms with Gasteiger partial charge in [0.1, 0.15) is 0 Å². The number of aryl methyl sites for hydroxylation is 1. The highest BCUT2D eigenvalue weighted by atomic mass is 16.5. The molecule has 8 heteroatoms. The number of para-hydroxylation sites is 1. The zero-order chi connectivity index (χ0) is 22.6. The predicted octanol–water partition coefficient (Wildman–Crippen LogP) is 3.46. The molecular weight excluding hydrogens is 400 g/mol. The number of carbonyl (C=O) groups is 4. The molecule has 0 aliphatic rings. The van der Waals surface area contributed by atoms with Gasteiger partial charge in [-0.2, -0.15) is 0 Å². The van der Waals surface area contributed by atoms with Gasteiger partial charge in [0.05, 0.1) is 18.6 Å². The highest BCUT2D eigenvalue weighted by Gasteiger charge is 2.12. The maximum Gasteiger partial charge on any atom is 0.338 e. The van der Waals surface area contributed by atoms with Crippen molar-refractivity contribution in [3.05, 3.63) is 59.7 Å². The zero-order valence-electron chi connectivity index (χ0n) is 17.6. The topological polar surface area (TPSA) is 111 Å². The van der Waals surface area contributed by atoms with E-state index in [1.807, 2.05) is 26.0 Å². The molecule has 0 radical (unpaired) electrons. The molecule has 0 saturated heterocycles. The molecule has 2 rings (SSSR count). The van der Waals surface area contributed by atoms with Crippen LogP contribution in [0.1, 0.15) is 42.1 Å². The van der Waals surface area contributed by atoms with Crippen molar-refractivity contribution in [3.63, 3.8) is 0 Å². The lowest BCUT2D eigenvalue weighted by molar-refractivity contribution is -0.147. The molecule has 8 nitrogen and oxygen atoms in total. The van der Waals surface area contributed by atoms with Crippen molar-refractivity contribution in [2.24, 2.45) is 0 Å². The number of benzene rings is 2. The molecule has 31 heavy (non-hydrogen) atoms. The van der Waals surface area contributed by atoms with Crippen molar-refractivity contribution < 1.29 is 28.7 Å². The quantitative estimate of drug-likeness (QED) is 0.563. The lowest BCUT2D eigenvalue weighted by Crippen LogP contribution is -2.22. The Bertz CT molecular complexity index is 924. The van der Waals surface area contributed by atoms with Crippen LogP contribution in [0.4, 0.5) is 11.4 Å². The molecule has 0 spiro atoms. The van der Waals surface area contributed by atoms with Crippen LogP contribution >= 0.6 is 0 Å². The van der Waals surface area contributed by atoms with Gasteiger partial charge in [0.2, 0.25) is 5.91 Å². The Labute approximate surface area is 180 Å². The highest BCUT2D eigenvalue weighted by molar-refractivity contribution is 5.95. The number of rotatable bonds is 10. The Morgan fingerprint density at radius 3 is 2.23 bits per heavy atom. The SMILES string of the molecule is CCCOC(=O)c1ccc(NC(=O)COC(=O)CCC(=O)Nc2ccccc2C)cc1. The van der Waals surface area contributed by atoms with E-state index in [4.69, 9.17) is 9.47 Å². The van der Waals surface area contributed by atoms with E-state index in [9.17, 15) is 19.2 Å². The molecule has 0 aromatic heterocycles. The van der Waals surface area contributed by atoms with Gasteiger partial charge in [-0.1, -0.05) is 25.1 Å². The second-order valence-corrected chi connectivity index (χ2v) is 6.79. The predicted molar refractivity (Wildman–Crippen MR) is 116 cm³/mol. The van der Waals surface area contributed by atoms with E-state index in [2.05, 4.69) is 10.6 Å². The van der Waals surface area contributed by atoms with Crippen molar-refractivity contribution in [2.45, 2.75) is 33.1 Å². The Kier molecular flexibility index (Phi) is 9.22. The molecule has 2 aromatic carbocycles. The van der Waals surface area contributed by atoms with Crippen molar-refractivity contribution in [3.8, 4) is 0 Å². The molecule has 0 aliphatic heterocycles. The molecular formula is C23H26N2O6. The third-order valence-electron chi connectivity index (χ3n) is 4.18. The molecule has 0 bridgehead atoms. The first-order chi connectivity index (χ1) is 14.9. The highest BCUT2D eigenvalue weighted by Crippen LogP contribution is 2.14. The van der Waals surface area contributed by atoms with Gasteiger partial charge in [0.15, 0.2) is 6.61 Å². The zero-order valence-corrected chi connectivity index (χ0v) is 17.6. The first-order valence-corrected chi connectivity index (χ1v) is 9.97. The van der Waals surface area contributed by atoms with E-state index in [1.54, 1.807) is 24.3 Å². The minimum absolute atomic E-state index is 0.0512. The summed E-state index contributed by atoms with van der Waals surface area (Å²) in [7, 11) is 0. The molecule has 0 atom stereocenters. The van der Waals surface area contributed by atoms with Gasteiger partial charge in [-0.25, -0.2) is 4.79 Å². The molecule has 2 N–H and O–H groups in total. The summed E-state index contributed by atoms with van der Waals surface area (Å²) < 4.78 is 9.93. The molecule has 0 heterocycles. The molecule has 0 aliphatic carbocycles. The van der Waals surface area contributed by atoms with Gasteiger partial charge in [-0.15, -0.1) is 0 Å². The van der Waals surface area contributed by atoms with Gasteiger partial charge in [0, 0.05) is 17.8 Å². The van der Waals surface area contributed by atoms with Crippen LogP contribution in [-0.4, -0.2) is 37.0 Å². The summed E-state index contributed by atoms with van der Waals surface area (Å²) in [6.07, 6.45) is 0.542. The standard InChI is InChI=1S/C23H26N2O6/c1-3-14-30-23(29)17-8-10-18(11-9-17)24-21(27)15-31-22(28)13-12-20(26)25-19-7-5-4-6-16(19)2/h4-11H,3,12-15H2,1-2H3,(H,24,27)(H,25,26). The minimum atomic E-state index is -0.649. The van der Waals surface area contributed by atoms with Gasteiger partial charge in [-0.3, -0.25) is 14.4 Å². The summed E-state index contributed by atoms with van der Waals surface area (Å²) in [6, 6.07) is 13.5. The number of ether oxygens (including phenoxy) is 2. The third kappa shape index (κ3) is 8.30. The summed E-state index contributed by atoms with van der Waals surface area (Å²) >= 11 is 0. The normalized spacial score (nSPS) is 10.1. The largest absolute Gasteiger partial charge is 0.462 e. The summed E-state index contributed by atoms with van der Waals surface area (Å²) in [5.41, 5.74) is 2.43. The number of nitrogens with one attached hydrogen (secondary N) is 2. The molecule has 2 aromatic rings. The molecule has 0 fully saturated rings. The summed E-state index contributed by atoms with van der Waals surface area (Å²) in [4.78, 5) is 47.4. The van der Waals surface area contributed by atoms with Crippen molar-refractivity contribution >= 4 is 35.1 Å². The Hall–Kier alpha value is -3.68. The van der Waals surface area contributed by atoms with Crippen LogP contribution < -0.4 is 10.6 Å². The fourth-order valence-electron chi connectivity index (χ4n) is 2.52. The lowest BCUT2D eigenvalue weighted by Gasteiger charge is -2.09. The Morgan fingerprint density at radius 1 is 0.839 bits per heavy atom.